The van der Waals surface area contributed by atoms with Crippen LogP contribution in [0, 0.1) is 4.91 Å². The van der Waals surface area contributed by atoms with E-state index in [1.807, 2.05) is 12.2 Å². The van der Waals surface area contributed by atoms with Crippen LogP contribution in [0.2, 0.25) is 0 Å². The highest BCUT2D eigenvalue weighted by atomic mass is 16.3. The summed E-state index contributed by atoms with van der Waals surface area (Å²) in [5.74, 6) is -0.729. The molecule has 0 aliphatic heterocycles. The molecule has 130 valence electrons. The predicted molar refractivity (Wildman–Crippen MR) is 91.9 cm³/mol. The topological polar surface area (TPSA) is 83.8 Å². The number of aliphatic hydroxyl groups is 1. The van der Waals surface area contributed by atoms with Crippen LogP contribution in [0.25, 0.3) is 0 Å². The van der Waals surface area contributed by atoms with Gasteiger partial charge in [-0.15, -0.1) is 4.91 Å². The molecule has 23 heavy (non-hydrogen) atoms. The molecule has 0 radical (unpaired) electrons. The van der Waals surface area contributed by atoms with E-state index in [1.165, 1.54) is 0 Å². The number of allylic oxidation sites excluding steroid dienone is 4. The van der Waals surface area contributed by atoms with Gasteiger partial charge in [0, 0.05) is 18.0 Å². The molecule has 5 heteroatoms. The molecular weight excluding hydrogens is 294 g/mol. The fourth-order valence-electron chi connectivity index (χ4n) is 2.12. The van der Waals surface area contributed by atoms with Crippen molar-refractivity contribution in [1.29, 1.82) is 0 Å². The van der Waals surface area contributed by atoms with Gasteiger partial charge in [-0.05, 0) is 25.7 Å². The maximum atomic E-state index is 11.7. The quantitative estimate of drug-likeness (QED) is 0.294. The molecule has 0 aliphatic carbocycles. The van der Waals surface area contributed by atoms with E-state index in [4.69, 9.17) is 0 Å². The fraction of sp³-hybridized carbons (Fsp3) is 0.667. The van der Waals surface area contributed by atoms with Gasteiger partial charge < -0.3 is 5.11 Å². The van der Waals surface area contributed by atoms with Crippen molar-refractivity contribution in [3.8, 4) is 0 Å². The molecule has 1 unspecified atom stereocenters. The first-order valence-electron chi connectivity index (χ1n) is 8.48. The SMILES string of the molecule is CC/C=C\C/C=C\CC(=O)C(O)CCCCCCCC(=O)N=O. The molecule has 0 saturated carbocycles. The van der Waals surface area contributed by atoms with E-state index in [0.717, 1.165) is 38.5 Å². The molecule has 0 aliphatic rings. The maximum absolute atomic E-state index is 11.7. The van der Waals surface area contributed by atoms with Gasteiger partial charge in [-0.25, -0.2) is 0 Å². The summed E-state index contributed by atoms with van der Waals surface area (Å²) in [6.45, 7) is 2.07. The third-order valence-corrected chi connectivity index (χ3v) is 3.50. The number of aliphatic hydroxyl groups excluding tert-OH is 1. The molecule has 1 amide bonds. The van der Waals surface area contributed by atoms with E-state index < -0.39 is 12.0 Å². The van der Waals surface area contributed by atoms with Crippen LogP contribution >= 0.6 is 0 Å². The average molecular weight is 323 g/mol. The molecule has 5 nitrogen and oxygen atoms in total. The van der Waals surface area contributed by atoms with Crippen molar-refractivity contribution in [1.82, 2.24) is 0 Å². The minimum atomic E-state index is -0.883. The van der Waals surface area contributed by atoms with Gasteiger partial charge in [0.2, 0.25) is 0 Å². The second-order valence-electron chi connectivity index (χ2n) is 5.56. The van der Waals surface area contributed by atoms with Crippen LogP contribution in [-0.4, -0.2) is 22.9 Å². The summed E-state index contributed by atoms with van der Waals surface area (Å²) in [5, 5.41) is 12.1. The Morgan fingerprint density at radius 1 is 1.00 bits per heavy atom. The second-order valence-corrected chi connectivity index (χ2v) is 5.56. The number of rotatable bonds is 14. The van der Waals surface area contributed by atoms with Crippen molar-refractivity contribution in [3.63, 3.8) is 0 Å². The van der Waals surface area contributed by atoms with E-state index in [-0.39, 0.29) is 18.6 Å². The number of hydrogen-bond donors (Lipinski definition) is 1. The van der Waals surface area contributed by atoms with Crippen molar-refractivity contribution in [2.45, 2.75) is 77.2 Å². The summed E-state index contributed by atoms with van der Waals surface area (Å²) in [5.41, 5.74) is 0. The number of carbonyl (C=O) groups is 2. The zero-order valence-corrected chi connectivity index (χ0v) is 14.1. The second kappa shape index (κ2) is 15.3. The Kier molecular flexibility index (Phi) is 14.2. The van der Waals surface area contributed by atoms with Gasteiger partial charge >= 0.3 is 0 Å². The lowest BCUT2D eigenvalue weighted by atomic mass is 10.0. The molecule has 0 heterocycles. The molecule has 0 rings (SSSR count). The molecule has 1 N–H and O–H groups in total. The number of hydrogen-bond acceptors (Lipinski definition) is 4. The lowest BCUT2D eigenvalue weighted by Crippen LogP contribution is -2.19. The van der Waals surface area contributed by atoms with Crippen molar-refractivity contribution in [2.75, 3.05) is 0 Å². The highest BCUT2D eigenvalue weighted by molar-refractivity contribution is 5.84. The number of amides is 1. The largest absolute Gasteiger partial charge is 0.385 e. The molecule has 0 aromatic rings. The Labute approximate surface area is 138 Å². The van der Waals surface area contributed by atoms with Gasteiger partial charge in [-0.3, -0.25) is 9.59 Å². The highest BCUT2D eigenvalue weighted by Gasteiger charge is 2.12. The summed E-state index contributed by atoms with van der Waals surface area (Å²) >= 11 is 0. The van der Waals surface area contributed by atoms with Crippen molar-refractivity contribution in [2.24, 2.45) is 5.18 Å². The van der Waals surface area contributed by atoms with E-state index in [2.05, 4.69) is 24.3 Å². The first kappa shape index (κ1) is 21.4. The Hall–Kier alpha value is -1.62. The van der Waals surface area contributed by atoms with Crippen LogP contribution < -0.4 is 0 Å². The molecule has 0 bridgehead atoms. The standard InChI is InChI=1S/C18H29NO4/c1-2-3-4-5-7-10-13-16(20)17(21)14-11-8-6-9-12-15-18(22)19-23/h3-4,7,10,17,21H,2,5-6,8-9,11-15H2,1H3/b4-3-,10-7-. The molecule has 0 aromatic carbocycles. The first-order valence-corrected chi connectivity index (χ1v) is 8.48. The number of nitroso groups, excluding NO2 is 1. The van der Waals surface area contributed by atoms with Gasteiger partial charge in [-0.1, -0.05) is 56.9 Å². The summed E-state index contributed by atoms with van der Waals surface area (Å²) in [6, 6.07) is 0. The smallest absolute Gasteiger partial charge is 0.286 e. The zero-order valence-electron chi connectivity index (χ0n) is 14.1. The molecular formula is C18H29NO4. The van der Waals surface area contributed by atoms with E-state index in [0.29, 0.717) is 12.8 Å². The molecule has 0 saturated heterocycles. The number of unbranched alkanes of at least 4 members (excludes halogenated alkanes) is 4. The van der Waals surface area contributed by atoms with Gasteiger partial charge in [0.15, 0.2) is 5.78 Å². The molecule has 0 spiro atoms. The molecule has 1 atom stereocenters. The number of carbonyl (C=O) groups excluding carboxylic acids is 2. The van der Waals surface area contributed by atoms with Crippen LogP contribution in [0.3, 0.4) is 0 Å². The van der Waals surface area contributed by atoms with Crippen LogP contribution in [0.5, 0.6) is 0 Å². The number of ketones is 1. The third kappa shape index (κ3) is 13.7. The van der Waals surface area contributed by atoms with Crippen molar-refractivity contribution >= 4 is 11.7 Å². The third-order valence-electron chi connectivity index (χ3n) is 3.50. The van der Waals surface area contributed by atoms with E-state index in [1.54, 1.807) is 0 Å². The number of nitrogens with zero attached hydrogens (tertiary/aromatic N) is 1. The Bertz CT molecular complexity index is 402. The summed E-state index contributed by atoms with van der Waals surface area (Å²) in [4.78, 5) is 32.3. The van der Waals surface area contributed by atoms with Crippen LogP contribution in [0.1, 0.15) is 71.1 Å². The van der Waals surface area contributed by atoms with Crippen LogP contribution in [0.4, 0.5) is 0 Å². The summed E-state index contributed by atoms with van der Waals surface area (Å²) < 4.78 is 0. The van der Waals surface area contributed by atoms with Gasteiger partial charge in [0.1, 0.15) is 6.10 Å². The Morgan fingerprint density at radius 2 is 1.65 bits per heavy atom. The van der Waals surface area contributed by atoms with Gasteiger partial charge in [0.05, 0.1) is 0 Å². The van der Waals surface area contributed by atoms with Gasteiger partial charge in [-0.2, -0.15) is 0 Å². The van der Waals surface area contributed by atoms with Crippen molar-refractivity contribution in [3.05, 3.63) is 29.2 Å². The predicted octanol–water partition coefficient (Wildman–Crippen LogP) is 4.24. The minimum Gasteiger partial charge on any atom is -0.385 e. The molecule has 0 fully saturated rings. The molecule has 0 aromatic heterocycles. The minimum absolute atomic E-state index is 0.136. The lowest BCUT2D eigenvalue weighted by Gasteiger charge is -2.07. The fourth-order valence-corrected chi connectivity index (χ4v) is 2.12. The number of Topliss-reactive ketones (excluding diaryl/α,β-unsaturated/α-hetero) is 1. The first-order chi connectivity index (χ1) is 11.1. The van der Waals surface area contributed by atoms with Crippen LogP contribution in [-0.2, 0) is 9.59 Å². The maximum Gasteiger partial charge on any atom is 0.286 e. The Balaban J connectivity index is 3.59. The normalized spacial score (nSPS) is 12.8. The summed E-state index contributed by atoms with van der Waals surface area (Å²) in [6.07, 6.45) is 13.9. The van der Waals surface area contributed by atoms with Crippen molar-refractivity contribution < 1.29 is 14.7 Å². The van der Waals surface area contributed by atoms with Gasteiger partial charge in [0.25, 0.3) is 5.91 Å². The zero-order chi connectivity index (χ0) is 17.3. The van der Waals surface area contributed by atoms with E-state index in [9.17, 15) is 19.6 Å². The monoisotopic (exact) mass is 323 g/mol. The highest BCUT2D eigenvalue weighted by Crippen LogP contribution is 2.10. The van der Waals surface area contributed by atoms with Crippen LogP contribution in [0.15, 0.2) is 29.5 Å². The Morgan fingerprint density at radius 3 is 2.35 bits per heavy atom. The summed E-state index contributed by atoms with van der Waals surface area (Å²) in [7, 11) is 0. The van der Waals surface area contributed by atoms with E-state index >= 15 is 0 Å². The lowest BCUT2D eigenvalue weighted by molar-refractivity contribution is -0.126. The average Bonchev–Trinajstić information content (AvgIpc) is 2.56.